The molecule has 0 N–H and O–H groups in total. The lowest BCUT2D eigenvalue weighted by Gasteiger charge is -2.50. The monoisotopic (exact) mass is 282 g/mol. The molecule has 0 aliphatic carbocycles. The van der Waals surface area contributed by atoms with Gasteiger partial charge in [-0.2, -0.15) is 0 Å². The average molecular weight is 282 g/mol. The Kier molecular flexibility index (Phi) is 4.54. The summed E-state index contributed by atoms with van der Waals surface area (Å²) in [4.78, 5) is 5.22. The molecule has 118 valence electrons. The Labute approximate surface area is 125 Å². The lowest BCUT2D eigenvalue weighted by atomic mass is 9.86. The van der Waals surface area contributed by atoms with Gasteiger partial charge in [0.15, 0.2) is 0 Å². The van der Waals surface area contributed by atoms with Crippen molar-refractivity contribution in [2.75, 3.05) is 39.3 Å². The molecule has 2 aliphatic heterocycles. The first-order valence-corrected chi connectivity index (χ1v) is 8.21. The van der Waals surface area contributed by atoms with Gasteiger partial charge < -0.3 is 4.74 Å². The molecule has 0 aromatic heterocycles. The van der Waals surface area contributed by atoms with E-state index in [1.54, 1.807) is 0 Å². The fraction of sp³-hybridized carbons (Fsp3) is 1.00. The van der Waals surface area contributed by atoms with Crippen LogP contribution in [0.1, 0.15) is 54.4 Å². The van der Waals surface area contributed by atoms with Crippen LogP contribution < -0.4 is 0 Å². The lowest BCUT2D eigenvalue weighted by molar-refractivity contribution is -0.145. The van der Waals surface area contributed by atoms with Gasteiger partial charge in [-0.05, 0) is 39.0 Å². The van der Waals surface area contributed by atoms with Crippen molar-refractivity contribution in [2.45, 2.75) is 65.5 Å². The zero-order chi connectivity index (χ0) is 15.0. The Bertz CT molecular complexity index is 319. The van der Waals surface area contributed by atoms with Crippen LogP contribution >= 0.6 is 0 Å². The van der Waals surface area contributed by atoms with E-state index in [1.807, 2.05) is 0 Å². The summed E-state index contributed by atoms with van der Waals surface area (Å²) in [6.07, 6.45) is 2.37. The summed E-state index contributed by atoms with van der Waals surface area (Å²) in [5, 5.41) is 0. The van der Waals surface area contributed by atoms with Gasteiger partial charge in [0.05, 0.1) is 12.2 Å². The second kappa shape index (κ2) is 5.58. The molecule has 0 atom stereocenters. The molecule has 0 amide bonds. The van der Waals surface area contributed by atoms with Crippen LogP contribution in [0.15, 0.2) is 0 Å². The highest BCUT2D eigenvalue weighted by Gasteiger charge is 2.41. The van der Waals surface area contributed by atoms with Gasteiger partial charge >= 0.3 is 0 Å². The topological polar surface area (TPSA) is 15.7 Å². The van der Waals surface area contributed by atoms with Crippen LogP contribution in [0.4, 0.5) is 0 Å². The van der Waals surface area contributed by atoms with E-state index in [9.17, 15) is 0 Å². The average Bonchev–Trinajstić information content (AvgIpc) is 2.26. The highest BCUT2D eigenvalue weighted by Crippen LogP contribution is 2.33. The van der Waals surface area contributed by atoms with E-state index in [0.717, 1.165) is 19.7 Å². The molecule has 3 nitrogen and oxygen atoms in total. The largest absolute Gasteiger partial charge is 0.372 e. The van der Waals surface area contributed by atoms with Crippen LogP contribution in [-0.4, -0.2) is 60.3 Å². The minimum Gasteiger partial charge on any atom is -0.372 e. The van der Waals surface area contributed by atoms with Crippen molar-refractivity contribution < 1.29 is 4.74 Å². The number of morpholine rings is 1. The number of piperidine rings is 1. The molecular formula is C17H34N2O. The first-order chi connectivity index (χ1) is 9.10. The van der Waals surface area contributed by atoms with Crippen molar-refractivity contribution >= 4 is 0 Å². The zero-order valence-corrected chi connectivity index (χ0v) is 14.5. The molecule has 2 heterocycles. The number of rotatable bonds is 1. The van der Waals surface area contributed by atoms with Crippen LogP contribution in [-0.2, 0) is 4.74 Å². The van der Waals surface area contributed by atoms with Gasteiger partial charge in [0.1, 0.15) is 0 Å². The number of hydrogen-bond acceptors (Lipinski definition) is 3. The molecule has 3 heteroatoms. The summed E-state index contributed by atoms with van der Waals surface area (Å²) in [7, 11) is 0. The molecule has 0 aromatic carbocycles. The summed E-state index contributed by atoms with van der Waals surface area (Å²) in [5.74, 6) is 0. The van der Waals surface area contributed by atoms with Gasteiger partial charge in [-0.3, -0.25) is 9.80 Å². The SMILES string of the molecule is CC(C)(C)CN1CCOC2(CCN(C(C)(C)C)CC2)C1. The maximum Gasteiger partial charge on any atom is 0.0833 e. The van der Waals surface area contributed by atoms with Crippen LogP contribution in [0, 0.1) is 5.41 Å². The van der Waals surface area contributed by atoms with Crippen molar-refractivity contribution in [1.29, 1.82) is 0 Å². The summed E-state index contributed by atoms with van der Waals surface area (Å²) in [6, 6.07) is 0. The molecule has 1 spiro atoms. The lowest BCUT2D eigenvalue weighted by Crippen LogP contribution is -2.59. The third-order valence-electron chi connectivity index (χ3n) is 4.65. The Morgan fingerprint density at radius 3 is 2.05 bits per heavy atom. The van der Waals surface area contributed by atoms with Gasteiger partial charge in [0.2, 0.25) is 0 Å². The van der Waals surface area contributed by atoms with E-state index in [0.29, 0.717) is 11.0 Å². The van der Waals surface area contributed by atoms with E-state index >= 15 is 0 Å². The predicted molar refractivity (Wildman–Crippen MR) is 85.1 cm³/mol. The van der Waals surface area contributed by atoms with Crippen molar-refractivity contribution in [3.8, 4) is 0 Å². The molecule has 20 heavy (non-hydrogen) atoms. The van der Waals surface area contributed by atoms with Gasteiger partial charge in [0.25, 0.3) is 0 Å². The third kappa shape index (κ3) is 4.19. The van der Waals surface area contributed by atoms with E-state index in [1.165, 1.54) is 32.5 Å². The molecule has 0 aromatic rings. The van der Waals surface area contributed by atoms with Crippen LogP contribution in [0.5, 0.6) is 0 Å². The van der Waals surface area contributed by atoms with Gasteiger partial charge in [-0.1, -0.05) is 20.8 Å². The third-order valence-corrected chi connectivity index (χ3v) is 4.65. The molecule has 2 fully saturated rings. The van der Waals surface area contributed by atoms with E-state index < -0.39 is 0 Å². The number of ether oxygens (including phenoxy) is 1. The minimum absolute atomic E-state index is 0.130. The number of nitrogens with zero attached hydrogens (tertiary/aromatic N) is 2. The fourth-order valence-corrected chi connectivity index (χ4v) is 3.62. The maximum atomic E-state index is 6.24. The summed E-state index contributed by atoms with van der Waals surface area (Å²) in [5.41, 5.74) is 0.803. The molecule has 0 unspecified atom stereocenters. The Balaban J connectivity index is 1.92. The second-order valence-corrected chi connectivity index (χ2v) is 8.96. The number of hydrogen-bond donors (Lipinski definition) is 0. The van der Waals surface area contributed by atoms with Gasteiger partial charge in [-0.25, -0.2) is 0 Å². The van der Waals surface area contributed by atoms with Crippen LogP contribution in [0.25, 0.3) is 0 Å². The van der Waals surface area contributed by atoms with Crippen molar-refractivity contribution in [1.82, 2.24) is 9.80 Å². The predicted octanol–water partition coefficient (Wildman–Crippen LogP) is 3.00. The molecule has 0 bridgehead atoms. The first-order valence-electron chi connectivity index (χ1n) is 8.21. The summed E-state index contributed by atoms with van der Waals surface area (Å²) >= 11 is 0. The Morgan fingerprint density at radius 1 is 0.950 bits per heavy atom. The fourth-order valence-electron chi connectivity index (χ4n) is 3.62. The molecule has 0 radical (unpaired) electrons. The highest BCUT2D eigenvalue weighted by atomic mass is 16.5. The molecule has 2 saturated heterocycles. The Morgan fingerprint density at radius 2 is 1.55 bits per heavy atom. The van der Waals surface area contributed by atoms with Gasteiger partial charge in [-0.15, -0.1) is 0 Å². The van der Waals surface area contributed by atoms with E-state index in [-0.39, 0.29) is 5.60 Å². The van der Waals surface area contributed by atoms with E-state index in [2.05, 4.69) is 51.3 Å². The van der Waals surface area contributed by atoms with Crippen LogP contribution in [0.3, 0.4) is 0 Å². The van der Waals surface area contributed by atoms with E-state index in [4.69, 9.17) is 4.74 Å². The standard InChI is InChI=1S/C17H34N2O/c1-15(2,3)13-18-11-12-20-17(14-18)7-9-19(10-8-17)16(4,5)6/h7-14H2,1-6H3. The molecule has 2 aliphatic rings. The number of likely N-dealkylation sites (tertiary alicyclic amines) is 1. The second-order valence-electron chi connectivity index (χ2n) is 8.96. The molecule has 2 rings (SSSR count). The van der Waals surface area contributed by atoms with Gasteiger partial charge in [0, 0.05) is 38.3 Å². The zero-order valence-electron chi connectivity index (χ0n) is 14.5. The minimum atomic E-state index is 0.130. The first kappa shape index (κ1) is 16.3. The molecule has 0 saturated carbocycles. The summed E-state index contributed by atoms with van der Waals surface area (Å²) < 4.78 is 6.24. The van der Waals surface area contributed by atoms with Crippen LogP contribution in [0.2, 0.25) is 0 Å². The smallest absolute Gasteiger partial charge is 0.0833 e. The molecular weight excluding hydrogens is 248 g/mol. The van der Waals surface area contributed by atoms with Crippen molar-refractivity contribution in [3.05, 3.63) is 0 Å². The van der Waals surface area contributed by atoms with Crippen molar-refractivity contribution in [2.24, 2.45) is 5.41 Å². The maximum absolute atomic E-state index is 6.24. The van der Waals surface area contributed by atoms with Crippen molar-refractivity contribution in [3.63, 3.8) is 0 Å². The Hall–Kier alpha value is -0.120. The quantitative estimate of drug-likeness (QED) is 0.735. The highest BCUT2D eigenvalue weighted by molar-refractivity contribution is 4.95. The normalized spacial score (nSPS) is 26.1. The summed E-state index contributed by atoms with van der Waals surface area (Å²) in [6.45, 7) is 20.6.